The predicted octanol–water partition coefficient (Wildman–Crippen LogP) is 4.40. The molecule has 1 N–H and O–H groups in total. The van der Waals surface area contributed by atoms with Gasteiger partial charge in [-0.2, -0.15) is 0 Å². The number of Topliss-reactive ketones (excluding diaryl/α,β-unsaturated/α-hetero) is 1. The summed E-state index contributed by atoms with van der Waals surface area (Å²) in [6.45, 7) is 2.07. The summed E-state index contributed by atoms with van der Waals surface area (Å²) in [6, 6.07) is 21.7. The molecule has 1 aliphatic rings. The van der Waals surface area contributed by atoms with Gasteiger partial charge >= 0.3 is 0 Å². The molecule has 7 nitrogen and oxygen atoms in total. The highest BCUT2D eigenvalue weighted by Crippen LogP contribution is 2.33. The largest absolute Gasteiger partial charge is 0.485 e. The van der Waals surface area contributed by atoms with Crippen molar-refractivity contribution in [2.45, 2.75) is 19.8 Å². The number of nitrogens with zero attached hydrogens (tertiary/aromatic N) is 1. The smallest absolute Gasteiger partial charge is 0.265 e. The van der Waals surface area contributed by atoms with Gasteiger partial charge in [0.15, 0.2) is 19.0 Å². The first-order chi connectivity index (χ1) is 16.5. The van der Waals surface area contributed by atoms with Crippen molar-refractivity contribution in [1.82, 2.24) is 0 Å². The lowest BCUT2D eigenvalue weighted by Crippen LogP contribution is -2.39. The Labute approximate surface area is 198 Å². The molecule has 0 aromatic heterocycles. The lowest BCUT2D eigenvalue weighted by atomic mass is 10.1. The number of rotatable bonds is 9. The van der Waals surface area contributed by atoms with E-state index in [-0.39, 0.29) is 37.2 Å². The zero-order chi connectivity index (χ0) is 23.9. The molecule has 1 aliphatic heterocycles. The number of benzene rings is 3. The van der Waals surface area contributed by atoms with Crippen LogP contribution in [0.15, 0.2) is 72.8 Å². The van der Waals surface area contributed by atoms with Gasteiger partial charge in [-0.15, -0.1) is 0 Å². The van der Waals surface area contributed by atoms with E-state index in [0.717, 1.165) is 11.3 Å². The summed E-state index contributed by atoms with van der Waals surface area (Å²) in [6.07, 6.45) is 0.732. The van der Waals surface area contributed by atoms with Crippen LogP contribution < -0.4 is 19.7 Å². The van der Waals surface area contributed by atoms with E-state index < -0.39 is 0 Å². The summed E-state index contributed by atoms with van der Waals surface area (Å²) in [5, 5.41) is 2.84. The molecule has 0 fully saturated rings. The van der Waals surface area contributed by atoms with Crippen LogP contribution in [0.3, 0.4) is 0 Å². The Morgan fingerprint density at radius 3 is 2.59 bits per heavy atom. The van der Waals surface area contributed by atoms with Gasteiger partial charge in [-0.1, -0.05) is 36.4 Å². The average Bonchev–Trinajstić information content (AvgIpc) is 2.85. The second kappa shape index (κ2) is 10.7. The number of ether oxygens (including phenoxy) is 2. The first-order valence-corrected chi connectivity index (χ1v) is 11.1. The second-order valence-corrected chi connectivity index (χ2v) is 8.01. The molecule has 3 aromatic rings. The number of hydrogen-bond acceptors (Lipinski definition) is 5. The maximum atomic E-state index is 12.8. The van der Waals surface area contributed by atoms with E-state index in [2.05, 4.69) is 5.32 Å². The number of para-hydroxylation sites is 2. The molecule has 4 rings (SSSR count). The van der Waals surface area contributed by atoms with Crippen LogP contribution in [0.1, 0.15) is 28.8 Å². The van der Waals surface area contributed by atoms with E-state index in [1.807, 2.05) is 61.5 Å². The maximum absolute atomic E-state index is 12.8. The molecule has 2 amide bonds. The number of hydrogen-bond donors (Lipinski definition) is 1. The molecular formula is C27H26N2O5. The van der Waals surface area contributed by atoms with Gasteiger partial charge in [-0.3, -0.25) is 14.4 Å². The van der Waals surface area contributed by atoms with E-state index in [1.54, 1.807) is 23.1 Å². The van der Waals surface area contributed by atoms with E-state index in [1.165, 1.54) is 0 Å². The van der Waals surface area contributed by atoms with Crippen molar-refractivity contribution in [3.8, 4) is 11.5 Å². The van der Waals surface area contributed by atoms with Crippen LogP contribution in [0.5, 0.6) is 11.5 Å². The van der Waals surface area contributed by atoms with Crippen LogP contribution in [0.4, 0.5) is 11.4 Å². The van der Waals surface area contributed by atoms with Gasteiger partial charge < -0.3 is 19.7 Å². The third kappa shape index (κ3) is 5.61. The molecule has 0 atom stereocenters. The Morgan fingerprint density at radius 2 is 1.79 bits per heavy atom. The van der Waals surface area contributed by atoms with Gasteiger partial charge in [0.25, 0.3) is 5.91 Å². The first-order valence-electron chi connectivity index (χ1n) is 11.1. The normalized spacial score (nSPS) is 12.5. The Morgan fingerprint density at radius 1 is 1.03 bits per heavy atom. The van der Waals surface area contributed by atoms with Gasteiger partial charge in [0.1, 0.15) is 11.5 Å². The van der Waals surface area contributed by atoms with Crippen LogP contribution in [0.25, 0.3) is 0 Å². The number of nitrogens with one attached hydrogen (secondary N) is 1. The number of amides is 2. The van der Waals surface area contributed by atoms with Crippen molar-refractivity contribution in [3.63, 3.8) is 0 Å². The molecule has 7 heteroatoms. The minimum Gasteiger partial charge on any atom is -0.485 e. The fourth-order valence-corrected chi connectivity index (χ4v) is 3.71. The van der Waals surface area contributed by atoms with Crippen molar-refractivity contribution in [2.24, 2.45) is 0 Å². The van der Waals surface area contributed by atoms with Crippen LogP contribution in [-0.2, 0) is 9.59 Å². The highest BCUT2D eigenvalue weighted by Gasteiger charge is 2.26. The summed E-state index contributed by atoms with van der Waals surface area (Å²) in [5.41, 5.74) is 2.64. The molecule has 0 radical (unpaired) electrons. The Kier molecular flexibility index (Phi) is 7.22. The monoisotopic (exact) mass is 458 g/mol. The van der Waals surface area contributed by atoms with Crippen LogP contribution >= 0.6 is 0 Å². The number of fused-ring (bicyclic) bond motifs is 1. The third-order valence-electron chi connectivity index (χ3n) is 5.52. The summed E-state index contributed by atoms with van der Waals surface area (Å²) in [5.74, 6) is 0.653. The number of anilines is 2. The average molecular weight is 459 g/mol. The van der Waals surface area contributed by atoms with Gasteiger partial charge in [-0.05, 0) is 55.3 Å². The van der Waals surface area contributed by atoms with Crippen molar-refractivity contribution in [2.75, 3.05) is 30.0 Å². The zero-order valence-electron chi connectivity index (χ0n) is 19.0. The van der Waals surface area contributed by atoms with E-state index in [4.69, 9.17) is 9.47 Å². The molecule has 0 spiro atoms. The van der Waals surface area contributed by atoms with Crippen molar-refractivity contribution < 1.29 is 23.9 Å². The van der Waals surface area contributed by atoms with Gasteiger partial charge in [0, 0.05) is 24.2 Å². The Bertz CT molecular complexity index is 1190. The fourth-order valence-electron chi connectivity index (χ4n) is 3.71. The van der Waals surface area contributed by atoms with Crippen molar-refractivity contribution in [3.05, 3.63) is 83.9 Å². The number of ketones is 1. The highest BCUT2D eigenvalue weighted by molar-refractivity contribution is 6.02. The van der Waals surface area contributed by atoms with Crippen LogP contribution in [-0.4, -0.2) is 37.4 Å². The fraction of sp³-hybridized carbons (Fsp3) is 0.222. The van der Waals surface area contributed by atoms with Gasteiger partial charge in [-0.25, -0.2) is 0 Å². The highest BCUT2D eigenvalue weighted by atomic mass is 16.5. The van der Waals surface area contributed by atoms with Crippen LogP contribution in [0, 0.1) is 6.92 Å². The molecule has 1 heterocycles. The second-order valence-electron chi connectivity index (χ2n) is 8.01. The van der Waals surface area contributed by atoms with Crippen molar-refractivity contribution >= 4 is 29.0 Å². The SMILES string of the molecule is Cc1ccccc1OCC(=O)c1ccc2c(c1)N(CCCC(=O)Nc1ccccc1)C(=O)CO2. The lowest BCUT2D eigenvalue weighted by molar-refractivity contribution is -0.121. The minimum atomic E-state index is -0.211. The Balaban J connectivity index is 1.39. The third-order valence-corrected chi connectivity index (χ3v) is 5.52. The predicted molar refractivity (Wildman–Crippen MR) is 130 cm³/mol. The lowest BCUT2D eigenvalue weighted by Gasteiger charge is -2.29. The standard InChI is InChI=1S/C27H26N2O5/c1-19-8-5-6-11-24(19)33-17-23(30)20-13-14-25-22(16-20)29(27(32)18-34-25)15-7-12-26(31)28-21-9-3-2-4-10-21/h2-6,8-11,13-14,16H,7,12,15,17-18H2,1H3,(H,28,31). The van der Waals surface area contributed by atoms with E-state index >= 15 is 0 Å². The Hall–Kier alpha value is -4.13. The molecule has 0 aliphatic carbocycles. The van der Waals surface area contributed by atoms with Crippen LogP contribution in [0.2, 0.25) is 0 Å². The van der Waals surface area contributed by atoms with Gasteiger partial charge in [0.2, 0.25) is 5.91 Å². The quantitative estimate of drug-likeness (QED) is 0.481. The summed E-state index contributed by atoms with van der Waals surface area (Å²) in [7, 11) is 0. The molecule has 3 aromatic carbocycles. The maximum Gasteiger partial charge on any atom is 0.265 e. The van der Waals surface area contributed by atoms with E-state index in [9.17, 15) is 14.4 Å². The molecular weight excluding hydrogens is 432 g/mol. The zero-order valence-corrected chi connectivity index (χ0v) is 19.0. The minimum absolute atomic E-state index is 0.0765. The van der Waals surface area contributed by atoms with E-state index in [0.29, 0.717) is 35.7 Å². The number of carbonyl (C=O) groups excluding carboxylic acids is 3. The molecule has 34 heavy (non-hydrogen) atoms. The number of aryl methyl sites for hydroxylation is 1. The van der Waals surface area contributed by atoms with Crippen molar-refractivity contribution in [1.29, 1.82) is 0 Å². The number of carbonyl (C=O) groups is 3. The molecule has 174 valence electrons. The summed E-state index contributed by atoms with van der Waals surface area (Å²) >= 11 is 0. The first kappa shape index (κ1) is 23.0. The summed E-state index contributed by atoms with van der Waals surface area (Å²) in [4.78, 5) is 39.1. The summed E-state index contributed by atoms with van der Waals surface area (Å²) < 4.78 is 11.2. The molecule has 0 bridgehead atoms. The van der Waals surface area contributed by atoms with Gasteiger partial charge in [0.05, 0.1) is 5.69 Å². The molecule has 0 unspecified atom stereocenters. The molecule has 0 saturated carbocycles. The topological polar surface area (TPSA) is 84.9 Å². The molecule has 0 saturated heterocycles.